The fraction of sp³-hybridized carbons (Fsp3) is 0.143. The SMILES string of the molecule is Cc1nn(-c2ccccc2)c2c1C(=O)/C(=C/c1ccc(Br)cc1)CC2. The minimum atomic E-state index is 0.101. The smallest absolute Gasteiger partial charge is 0.192 e. The molecule has 0 unspecified atom stereocenters. The standard InChI is InChI=1S/C21H17BrN2O/c1-14-20-19(24(23-14)18-5-3-2-4-6-18)12-9-16(21(20)25)13-15-7-10-17(22)11-8-15/h2-8,10-11,13H,9,12H2,1H3/b16-13+. The number of halogens is 1. The van der Waals surface area contributed by atoms with Crippen LogP contribution in [0.15, 0.2) is 64.6 Å². The van der Waals surface area contributed by atoms with Crippen molar-refractivity contribution >= 4 is 27.8 Å². The lowest BCUT2D eigenvalue weighted by molar-refractivity contribution is 0.102. The Labute approximate surface area is 155 Å². The molecular formula is C21H17BrN2O. The number of carbonyl (C=O) groups excluding carboxylic acids is 1. The van der Waals surface area contributed by atoms with Crippen molar-refractivity contribution in [2.24, 2.45) is 0 Å². The van der Waals surface area contributed by atoms with E-state index in [4.69, 9.17) is 0 Å². The van der Waals surface area contributed by atoms with Crippen LogP contribution < -0.4 is 0 Å². The van der Waals surface area contributed by atoms with Gasteiger partial charge in [0.2, 0.25) is 0 Å². The quantitative estimate of drug-likeness (QED) is 0.564. The largest absolute Gasteiger partial charge is 0.289 e. The van der Waals surface area contributed by atoms with Crippen LogP contribution in [0.1, 0.15) is 33.7 Å². The van der Waals surface area contributed by atoms with E-state index in [9.17, 15) is 4.79 Å². The molecule has 3 nitrogen and oxygen atoms in total. The highest BCUT2D eigenvalue weighted by molar-refractivity contribution is 9.10. The first-order valence-electron chi connectivity index (χ1n) is 8.28. The van der Waals surface area contributed by atoms with E-state index in [1.165, 1.54) is 0 Å². The fourth-order valence-electron chi connectivity index (χ4n) is 3.31. The Hall–Kier alpha value is -2.46. The Bertz CT molecular complexity index is 969. The molecule has 0 radical (unpaired) electrons. The van der Waals surface area contributed by atoms with Gasteiger partial charge in [-0.3, -0.25) is 4.79 Å². The average Bonchev–Trinajstić information content (AvgIpc) is 2.97. The molecule has 124 valence electrons. The lowest BCUT2D eigenvalue weighted by atomic mass is 9.88. The molecule has 3 aromatic rings. The predicted molar refractivity (Wildman–Crippen MR) is 103 cm³/mol. The van der Waals surface area contributed by atoms with E-state index in [1.807, 2.05) is 72.3 Å². The lowest BCUT2D eigenvalue weighted by Crippen LogP contribution is -2.16. The van der Waals surface area contributed by atoms with E-state index in [1.54, 1.807) is 0 Å². The van der Waals surface area contributed by atoms with Gasteiger partial charge < -0.3 is 0 Å². The Morgan fingerprint density at radius 2 is 1.76 bits per heavy atom. The number of rotatable bonds is 2. The molecule has 1 heterocycles. The van der Waals surface area contributed by atoms with Crippen LogP contribution in [0.2, 0.25) is 0 Å². The topological polar surface area (TPSA) is 34.9 Å². The highest BCUT2D eigenvalue weighted by atomic mass is 79.9. The van der Waals surface area contributed by atoms with Crippen molar-refractivity contribution in [1.29, 1.82) is 0 Å². The molecule has 0 fully saturated rings. The molecule has 1 aliphatic rings. The number of hydrogen-bond acceptors (Lipinski definition) is 2. The fourth-order valence-corrected chi connectivity index (χ4v) is 3.57. The molecule has 1 aromatic heterocycles. The summed E-state index contributed by atoms with van der Waals surface area (Å²) in [4.78, 5) is 13.0. The van der Waals surface area contributed by atoms with E-state index < -0.39 is 0 Å². The summed E-state index contributed by atoms with van der Waals surface area (Å²) >= 11 is 3.44. The van der Waals surface area contributed by atoms with Gasteiger partial charge in [-0.2, -0.15) is 5.10 Å². The minimum absolute atomic E-state index is 0.101. The number of fused-ring (bicyclic) bond motifs is 1. The average molecular weight is 393 g/mol. The summed E-state index contributed by atoms with van der Waals surface area (Å²) in [6.45, 7) is 1.92. The number of Topliss-reactive ketones (excluding diaryl/α,β-unsaturated/α-hetero) is 1. The van der Waals surface area contributed by atoms with Crippen molar-refractivity contribution in [2.75, 3.05) is 0 Å². The van der Waals surface area contributed by atoms with Crippen LogP contribution in [0.5, 0.6) is 0 Å². The van der Waals surface area contributed by atoms with Crippen LogP contribution in [0, 0.1) is 6.92 Å². The molecule has 0 spiro atoms. The molecule has 0 atom stereocenters. The van der Waals surface area contributed by atoms with E-state index >= 15 is 0 Å². The molecule has 0 bridgehead atoms. The first-order valence-corrected chi connectivity index (χ1v) is 9.07. The number of benzene rings is 2. The number of carbonyl (C=O) groups is 1. The van der Waals surface area contributed by atoms with Crippen molar-refractivity contribution in [2.45, 2.75) is 19.8 Å². The maximum Gasteiger partial charge on any atom is 0.192 e. The van der Waals surface area contributed by atoms with Gasteiger partial charge in [-0.15, -0.1) is 0 Å². The first kappa shape index (κ1) is 16.0. The van der Waals surface area contributed by atoms with Crippen LogP contribution in [0.3, 0.4) is 0 Å². The van der Waals surface area contributed by atoms with Crippen LogP contribution in [-0.4, -0.2) is 15.6 Å². The lowest BCUT2D eigenvalue weighted by Gasteiger charge is -2.16. The van der Waals surface area contributed by atoms with Gasteiger partial charge in [-0.25, -0.2) is 4.68 Å². The molecule has 0 amide bonds. The van der Waals surface area contributed by atoms with Crippen molar-refractivity contribution < 1.29 is 4.79 Å². The number of aromatic nitrogens is 2. The zero-order valence-electron chi connectivity index (χ0n) is 13.9. The first-order chi connectivity index (χ1) is 12.1. The monoisotopic (exact) mass is 392 g/mol. The number of nitrogens with zero attached hydrogens (tertiary/aromatic N) is 2. The van der Waals surface area contributed by atoms with Crippen molar-refractivity contribution in [1.82, 2.24) is 9.78 Å². The Balaban J connectivity index is 1.74. The Kier molecular flexibility index (Phi) is 4.14. The number of para-hydroxylation sites is 1. The number of hydrogen-bond donors (Lipinski definition) is 0. The van der Waals surface area contributed by atoms with E-state index in [0.717, 1.165) is 51.1 Å². The summed E-state index contributed by atoms with van der Waals surface area (Å²) in [6, 6.07) is 18.0. The maximum absolute atomic E-state index is 13.0. The van der Waals surface area contributed by atoms with Crippen LogP contribution >= 0.6 is 15.9 Å². The summed E-state index contributed by atoms with van der Waals surface area (Å²) in [7, 11) is 0. The van der Waals surface area contributed by atoms with Crippen molar-refractivity contribution in [3.8, 4) is 5.69 Å². The van der Waals surface area contributed by atoms with Gasteiger partial charge in [0.05, 0.1) is 22.6 Å². The number of aryl methyl sites for hydroxylation is 1. The maximum atomic E-state index is 13.0. The van der Waals surface area contributed by atoms with Crippen molar-refractivity contribution in [3.05, 3.63) is 87.2 Å². The molecule has 4 rings (SSSR count). The molecule has 25 heavy (non-hydrogen) atoms. The second-order valence-electron chi connectivity index (χ2n) is 6.20. The van der Waals surface area contributed by atoms with E-state index in [-0.39, 0.29) is 5.78 Å². The van der Waals surface area contributed by atoms with Gasteiger partial charge in [0.1, 0.15) is 0 Å². The normalized spacial score (nSPS) is 15.4. The summed E-state index contributed by atoms with van der Waals surface area (Å²) in [5, 5.41) is 4.63. The molecular weight excluding hydrogens is 376 g/mol. The van der Waals surface area contributed by atoms with Gasteiger partial charge >= 0.3 is 0 Å². The molecule has 4 heteroatoms. The second kappa shape index (κ2) is 6.45. The number of allylic oxidation sites excluding steroid dienone is 1. The molecule has 0 saturated heterocycles. The molecule has 0 saturated carbocycles. The van der Waals surface area contributed by atoms with Gasteiger partial charge in [0.15, 0.2) is 5.78 Å². The highest BCUT2D eigenvalue weighted by Gasteiger charge is 2.28. The predicted octanol–water partition coefficient (Wildman–Crippen LogP) is 5.16. The Morgan fingerprint density at radius 3 is 2.48 bits per heavy atom. The molecule has 0 N–H and O–H groups in total. The highest BCUT2D eigenvalue weighted by Crippen LogP contribution is 2.30. The van der Waals surface area contributed by atoms with Crippen LogP contribution in [0.4, 0.5) is 0 Å². The number of ketones is 1. The van der Waals surface area contributed by atoms with Crippen LogP contribution in [0.25, 0.3) is 11.8 Å². The molecule has 2 aromatic carbocycles. The van der Waals surface area contributed by atoms with Gasteiger partial charge in [-0.05, 0) is 55.7 Å². The Morgan fingerprint density at radius 1 is 1.04 bits per heavy atom. The molecule has 1 aliphatic carbocycles. The third-order valence-corrected chi connectivity index (χ3v) is 5.05. The summed E-state index contributed by atoms with van der Waals surface area (Å²) in [6.07, 6.45) is 3.55. The third-order valence-electron chi connectivity index (χ3n) is 4.52. The summed E-state index contributed by atoms with van der Waals surface area (Å²) in [5.41, 5.74) is 5.47. The van der Waals surface area contributed by atoms with Crippen LogP contribution in [-0.2, 0) is 6.42 Å². The zero-order valence-corrected chi connectivity index (χ0v) is 15.5. The molecule has 0 aliphatic heterocycles. The minimum Gasteiger partial charge on any atom is -0.289 e. The van der Waals surface area contributed by atoms with Gasteiger partial charge in [0, 0.05) is 10.0 Å². The van der Waals surface area contributed by atoms with E-state index in [0.29, 0.717) is 0 Å². The van der Waals surface area contributed by atoms with Gasteiger partial charge in [-0.1, -0.05) is 46.3 Å². The van der Waals surface area contributed by atoms with Crippen molar-refractivity contribution in [3.63, 3.8) is 0 Å². The van der Waals surface area contributed by atoms with Gasteiger partial charge in [0.25, 0.3) is 0 Å². The third kappa shape index (κ3) is 2.98. The zero-order chi connectivity index (χ0) is 17.4. The second-order valence-corrected chi connectivity index (χ2v) is 7.12. The summed E-state index contributed by atoms with van der Waals surface area (Å²) < 4.78 is 2.95. The summed E-state index contributed by atoms with van der Waals surface area (Å²) in [5.74, 6) is 0.101. The van der Waals surface area contributed by atoms with E-state index in [2.05, 4.69) is 21.0 Å².